The van der Waals surface area contributed by atoms with E-state index in [2.05, 4.69) is 0 Å². The minimum Gasteiger partial charge on any atom is -0.495 e. The van der Waals surface area contributed by atoms with Crippen molar-refractivity contribution in [2.45, 2.75) is 38.9 Å². The Hall–Kier alpha value is -2.56. The molecule has 27 heavy (non-hydrogen) atoms. The molecule has 1 saturated heterocycles. The van der Waals surface area contributed by atoms with Gasteiger partial charge in [0.15, 0.2) is 0 Å². The maximum Gasteiger partial charge on any atom is 0.497 e. The quantitative estimate of drug-likeness (QED) is 0.768. The number of methoxy groups -OCH3 is 1. The van der Waals surface area contributed by atoms with Crippen LogP contribution in [0.1, 0.15) is 33.3 Å². The Bertz CT molecular complexity index is 891. The molecule has 1 aliphatic heterocycles. The highest BCUT2D eigenvalue weighted by Gasteiger charge is 2.52. The number of halogens is 1. The Morgan fingerprint density at radius 1 is 1.04 bits per heavy atom. The second-order valence-corrected chi connectivity index (χ2v) is 7.32. The fraction of sp³-hybridized carbons (Fsp3) is 0.350. The Morgan fingerprint density at radius 2 is 1.67 bits per heavy atom. The molecule has 2 aromatic carbocycles. The summed E-state index contributed by atoms with van der Waals surface area (Å²) in [6, 6.07) is 11.5. The fourth-order valence-corrected chi connectivity index (χ4v) is 2.74. The standard InChI is InChI=1S/C20H21BFNO4/c1-19(2)20(3,4)27-21(26-19)15-10-9-13(11-16(15)22)25-18-8-6-7-17(24-5)14(18)12-23/h6-11H,1-5H3. The van der Waals surface area contributed by atoms with E-state index >= 15 is 0 Å². The van der Waals surface area contributed by atoms with Gasteiger partial charge < -0.3 is 18.8 Å². The lowest BCUT2D eigenvalue weighted by atomic mass is 9.78. The van der Waals surface area contributed by atoms with E-state index < -0.39 is 24.1 Å². The molecule has 0 amide bonds. The van der Waals surface area contributed by atoms with Gasteiger partial charge in [-0.05, 0) is 45.9 Å². The first-order chi connectivity index (χ1) is 12.7. The number of nitriles is 1. The van der Waals surface area contributed by atoms with Crippen molar-refractivity contribution in [2.75, 3.05) is 7.11 Å². The van der Waals surface area contributed by atoms with Gasteiger partial charge in [-0.15, -0.1) is 0 Å². The van der Waals surface area contributed by atoms with Crippen LogP contribution in [0.2, 0.25) is 0 Å². The third kappa shape index (κ3) is 3.51. The molecule has 0 unspecified atom stereocenters. The molecule has 0 aliphatic carbocycles. The summed E-state index contributed by atoms with van der Waals surface area (Å²) in [6.45, 7) is 7.65. The molecule has 7 heteroatoms. The number of hydrogen-bond donors (Lipinski definition) is 0. The molecule has 0 saturated carbocycles. The second kappa shape index (κ2) is 6.88. The minimum atomic E-state index is -0.796. The van der Waals surface area contributed by atoms with Crippen molar-refractivity contribution in [2.24, 2.45) is 0 Å². The van der Waals surface area contributed by atoms with Gasteiger partial charge in [0.2, 0.25) is 0 Å². The van der Waals surface area contributed by atoms with Crippen molar-refractivity contribution in [3.8, 4) is 23.3 Å². The van der Waals surface area contributed by atoms with Crippen molar-refractivity contribution in [3.63, 3.8) is 0 Å². The Kier molecular flexibility index (Phi) is 4.89. The van der Waals surface area contributed by atoms with Crippen LogP contribution in [-0.2, 0) is 9.31 Å². The number of nitrogens with zero attached hydrogens (tertiary/aromatic N) is 1. The van der Waals surface area contributed by atoms with E-state index in [9.17, 15) is 9.65 Å². The van der Waals surface area contributed by atoms with Crippen molar-refractivity contribution in [3.05, 3.63) is 47.8 Å². The summed E-state index contributed by atoms with van der Waals surface area (Å²) < 4.78 is 37.3. The SMILES string of the molecule is COc1cccc(Oc2ccc(B3OC(C)(C)C(C)(C)O3)c(F)c2)c1C#N. The van der Waals surface area contributed by atoms with Crippen LogP contribution >= 0.6 is 0 Å². The van der Waals surface area contributed by atoms with E-state index in [-0.39, 0.29) is 11.3 Å². The second-order valence-electron chi connectivity index (χ2n) is 7.32. The summed E-state index contributed by atoms with van der Waals surface area (Å²) in [6.07, 6.45) is 0. The lowest BCUT2D eigenvalue weighted by molar-refractivity contribution is 0.00578. The zero-order valence-electron chi connectivity index (χ0n) is 16.0. The molecule has 0 atom stereocenters. The van der Waals surface area contributed by atoms with Crippen molar-refractivity contribution >= 4 is 12.6 Å². The minimum absolute atomic E-state index is 0.246. The Labute approximate surface area is 158 Å². The molecular formula is C20H21BFNO4. The highest BCUT2D eigenvalue weighted by atomic mass is 19.1. The van der Waals surface area contributed by atoms with Crippen LogP contribution in [0.4, 0.5) is 4.39 Å². The van der Waals surface area contributed by atoms with Gasteiger partial charge in [-0.1, -0.05) is 12.1 Å². The Morgan fingerprint density at radius 3 is 2.22 bits per heavy atom. The first-order valence-electron chi connectivity index (χ1n) is 8.58. The van der Waals surface area contributed by atoms with Crippen LogP contribution in [0.15, 0.2) is 36.4 Å². The largest absolute Gasteiger partial charge is 0.497 e. The number of ether oxygens (including phenoxy) is 2. The predicted octanol–water partition coefficient (Wildman–Crippen LogP) is 3.80. The summed E-state index contributed by atoms with van der Waals surface area (Å²) in [5, 5.41) is 9.33. The van der Waals surface area contributed by atoms with E-state index in [0.717, 1.165) is 0 Å². The van der Waals surface area contributed by atoms with Gasteiger partial charge in [0.25, 0.3) is 0 Å². The average molecular weight is 369 g/mol. The normalized spacial score (nSPS) is 17.4. The van der Waals surface area contributed by atoms with E-state index in [1.165, 1.54) is 13.2 Å². The van der Waals surface area contributed by atoms with Crippen LogP contribution in [0.3, 0.4) is 0 Å². The third-order valence-electron chi connectivity index (χ3n) is 5.03. The monoisotopic (exact) mass is 369 g/mol. The van der Waals surface area contributed by atoms with Gasteiger partial charge in [0, 0.05) is 11.5 Å². The molecule has 0 radical (unpaired) electrons. The van der Waals surface area contributed by atoms with E-state index in [4.69, 9.17) is 18.8 Å². The summed E-state index contributed by atoms with van der Waals surface area (Å²) in [5.74, 6) is 0.439. The van der Waals surface area contributed by atoms with Crippen LogP contribution in [-0.4, -0.2) is 25.4 Å². The van der Waals surface area contributed by atoms with E-state index in [1.807, 2.05) is 33.8 Å². The maximum absolute atomic E-state index is 14.7. The van der Waals surface area contributed by atoms with Gasteiger partial charge in [-0.25, -0.2) is 4.39 Å². The maximum atomic E-state index is 14.7. The van der Waals surface area contributed by atoms with E-state index in [1.54, 1.807) is 30.3 Å². The summed E-state index contributed by atoms with van der Waals surface area (Å²) >= 11 is 0. The molecule has 5 nitrogen and oxygen atoms in total. The lowest BCUT2D eigenvalue weighted by Gasteiger charge is -2.32. The molecule has 1 fully saturated rings. The molecular weight excluding hydrogens is 348 g/mol. The van der Waals surface area contributed by atoms with Crippen molar-refractivity contribution < 1.29 is 23.2 Å². The molecule has 0 aromatic heterocycles. The van der Waals surface area contributed by atoms with Crippen LogP contribution < -0.4 is 14.9 Å². The number of hydrogen-bond acceptors (Lipinski definition) is 5. The molecule has 140 valence electrons. The topological polar surface area (TPSA) is 60.7 Å². The zero-order valence-corrected chi connectivity index (χ0v) is 16.0. The predicted molar refractivity (Wildman–Crippen MR) is 99.9 cm³/mol. The lowest BCUT2D eigenvalue weighted by Crippen LogP contribution is -2.41. The highest BCUT2D eigenvalue weighted by molar-refractivity contribution is 6.62. The third-order valence-corrected chi connectivity index (χ3v) is 5.03. The van der Waals surface area contributed by atoms with Gasteiger partial charge >= 0.3 is 7.12 Å². The highest BCUT2D eigenvalue weighted by Crippen LogP contribution is 2.37. The number of benzene rings is 2. The summed E-state index contributed by atoms with van der Waals surface area (Å²) in [4.78, 5) is 0. The molecule has 0 N–H and O–H groups in total. The molecule has 1 aliphatic rings. The molecule has 0 bridgehead atoms. The average Bonchev–Trinajstić information content (AvgIpc) is 2.82. The summed E-state index contributed by atoms with van der Waals surface area (Å²) in [5.41, 5.74) is -0.564. The molecule has 3 rings (SSSR count). The van der Waals surface area contributed by atoms with Gasteiger partial charge in [-0.2, -0.15) is 5.26 Å². The fourth-order valence-electron chi connectivity index (χ4n) is 2.74. The molecule has 1 heterocycles. The van der Waals surface area contributed by atoms with E-state index in [0.29, 0.717) is 17.0 Å². The molecule has 0 spiro atoms. The van der Waals surface area contributed by atoms with Gasteiger partial charge in [0.1, 0.15) is 34.7 Å². The summed E-state index contributed by atoms with van der Waals surface area (Å²) in [7, 11) is 0.675. The first-order valence-corrected chi connectivity index (χ1v) is 8.58. The van der Waals surface area contributed by atoms with Crippen LogP contribution in [0, 0.1) is 17.1 Å². The number of rotatable bonds is 4. The Balaban J connectivity index is 1.86. The van der Waals surface area contributed by atoms with Gasteiger partial charge in [0.05, 0.1) is 18.3 Å². The van der Waals surface area contributed by atoms with Crippen molar-refractivity contribution in [1.29, 1.82) is 5.26 Å². The van der Waals surface area contributed by atoms with Crippen LogP contribution in [0.25, 0.3) is 0 Å². The zero-order chi connectivity index (χ0) is 19.8. The first kappa shape index (κ1) is 19.2. The smallest absolute Gasteiger partial charge is 0.495 e. The van der Waals surface area contributed by atoms with Crippen molar-refractivity contribution in [1.82, 2.24) is 0 Å². The van der Waals surface area contributed by atoms with Gasteiger partial charge in [-0.3, -0.25) is 0 Å². The van der Waals surface area contributed by atoms with Crippen LogP contribution in [0.5, 0.6) is 17.2 Å². The molecule has 2 aromatic rings.